The number of hydrogen-bond acceptors (Lipinski definition) is 3. The lowest BCUT2D eigenvalue weighted by Gasteiger charge is -2.15. The molecule has 1 atom stereocenters. The van der Waals surface area contributed by atoms with Gasteiger partial charge >= 0.3 is 0 Å². The molecule has 1 aliphatic carbocycles. The van der Waals surface area contributed by atoms with E-state index >= 15 is 0 Å². The second-order valence-corrected chi connectivity index (χ2v) is 4.77. The van der Waals surface area contributed by atoms with Crippen LogP contribution in [-0.2, 0) is 6.42 Å². The summed E-state index contributed by atoms with van der Waals surface area (Å²) in [5.41, 5.74) is 3.88. The van der Waals surface area contributed by atoms with Gasteiger partial charge < -0.3 is 10.4 Å². The van der Waals surface area contributed by atoms with E-state index in [0.717, 1.165) is 24.1 Å². The third kappa shape index (κ3) is 2.13. The Morgan fingerprint density at radius 2 is 1.95 bits per heavy atom. The van der Waals surface area contributed by atoms with Gasteiger partial charge in [-0.2, -0.15) is 5.26 Å². The molecule has 3 heteroatoms. The molecule has 0 aliphatic heterocycles. The molecule has 3 rings (SSSR count). The third-order valence-electron chi connectivity index (χ3n) is 3.60. The molecule has 2 aromatic rings. The molecule has 2 N–H and O–H groups in total. The molecule has 3 nitrogen and oxygen atoms in total. The lowest BCUT2D eigenvalue weighted by atomic mass is 10.1. The van der Waals surface area contributed by atoms with Gasteiger partial charge in [-0.25, -0.2) is 0 Å². The Hall–Kier alpha value is -2.47. The Kier molecular flexibility index (Phi) is 2.85. The van der Waals surface area contributed by atoms with E-state index in [4.69, 9.17) is 5.26 Å². The maximum Gasteiger partial charge on any atom is 0.119 e. The van der Waals surface area contributed by atoms with Crippen molar-refractivity contribution in [3.63, 3.8) is 0 Å². The highest BCUT2D eigenvalue weighted by molar-refractivity contribution is 5.52. The van der Waals surface area contributed by atoms with E-state index in [2.05, 4.69) is 17.5 Å². The monoisotopic (exact) mass is 250 g/mol. The van der Waals surface area contributed by atoms with Crippen LogP contribution in [0.5, 0.6) is 5.75 Å². The minimum absolute atomic E-state index is 0.232. The van der Waals surface area contributed by atoms with Crippen LogP contribution in [0.4, 0.5) is 5.69 Å². The average molecular weight is 250 g/mol. The molecule has 19 heavy (non-hydrogen) atoms. The van der Waals surface area contributed by atoms with Gasteiger partial charge in [-0.05, 0) is 54.3 Å². The number of fused-ring (bicyclic) bond motifs is 1. The molecule has 0 heterocycles. The van der Waals surface area contributed by atoms with Crippen LogP contribution in [-0.4, -0.2) is 5.11 Å². The van der Waals surface area contributed by atoms with E-state index in [0.29, 0.717) is 11.3 Å². The van der Waals surface area contributed by atoms with Crippen molar-refractivity contribution in [1.29, 1.82) is 5.26 Å². The molecule has 0 aromatic heterocycles. The van der Waals surface area contributed by atoms with Gasteiger partial charge in [0.2, 0.25) is 0 Å². The molecule has 0 saturated heterocycles. The Balaban J connectivity index is 1.83. The van der Waals surface area contributed by atoms with E-state index < -0.39 is 0 Å². The SMILES string of the molecule is N#Cc1ccc(NC2CCc3c(O)cccc32)cc1. The molecule has 0 spiro atoms. The number of aromatic hydroxyl groups is 1. The predicted octanol–water partition coefficient (Wildman–Crippen LogP) is 3.36. The van der Waals surface area contributed by atoms with E-state index in [1.165, 1.54) is 5.56 Å². The molecule has 0 saturated carbocycles. The van der Waals surface area contributed by atoms with Crippen molar-refractivity contribution < 1.29 is 5.11 Å². The molecule has 0 fully saturated rings. The lowest BCUT2D eigenvalue weighted by molar-refractivity contribution is 0.469. The predicted molar refractivity (Wildman–Crippen MR) is 73.9 cm³/mol. The first-order valence-electron chi connectivity index (χ1n) is 6.35. The topological polar surface area (TPSA) is 56.0 Å². The summed E-state index contributed by atoms with van der Waals surface area (Å²) in [7, 11) is 0. The maximum absolute atomic E-state index is 9.82. The van der Waals surface area contributed by atoms with Crippen LogP contribution in [0, 0.1) is 11.3 Å². The minimum atomic E-state index is 0.232. The first-order valence-corrected chi connectivity index (χ1v) is 6.35. The number of benzene rings is 2. The Labute approximate surface area is 112 Å². The van der Waals surface area contributed by atoms with E-state index in [1.807, 2.05) is 18.2 Å². The minimum Gasteiger partial charge on any atom is -0.508 e. The van der Waals surface area contributed by atoms with Crippen LogP contribution in [0.3, 0.4) is 0 Å². The summed E-state index contributed by atoms with van der Waals surface area (Å²) >= 11 is 0. The molecule has 1 unspecified atom stereocenters. The molecule has 0 bridgehead atoms. The molecular weight excluding hydrogens is 236 g/mol. The standard InChI is InChI=1S/C16H14N2O/c17-10-11-4-6-12(7-5-11)18-15-9-8-14-13(15)2-1-3-16(14)19/h1-7,15,18-19H,8-9H2. The molecule has 0 radical (unpaired) electrons. The van der Waals surface area contributed by atoms with Gasteiger partial charge in [0.25, 0.3) is 0 Å². The zero-order valence-corrected chi connectivity index (χ0v) is 10.4. The molecule has 2 aromatic carbocycles. The Morgan fingerprint density at radius 3 is 2.68 bits per heavy atom. The van der Waals surface area contributed by atoms with Gasteiger partial charge in [-0.15, -0.1) is 0 Å². The molecule has 0 amide bonds. The van der Waals surface area contributed by atoms with Gasteiger partial charge in [0.15, 0.2) is 0 Å². The van der Waals surface area contributed by atoms with Crippen molar-refractivity contribution in [3.05, 3.63) is 59.2 Å². The molecule has 94 valence electrons. The number of nitriles is 1. The smallest absolute Gasteiger partial charge is 0.119 e. The summed E-state index contributed by atoms with van der Waals surface area (Å²) < 4.78 is 0. The van der Waals surface area contributed by atoms with Crippen LogP contribution in [0.15, 0.2) is 42.5 Å². The fourth-order valence-corrected chi connectivity index (χ4v) is 2.63. The first-order chi connectivity index (χ1) is 9.28. The molecule has 1 aliphatic rings. The number of rotatable bonds is 2. The van der Waals surface area contributed by atoms with E-state index in [9.17, 15) is 5.11 Å². The van der Waals surface area contributed by atoms with E-state index in [1.54, 1.807) is 18.2 Å². The second kappa shape index (κ2) is 4.66. The van der Waals surface area contributed by atoms with Gasteiger partial charge in [0.1, 0.15) is 5.75 Å². The number of nitrogens with one attached hydrogen (secondary N) is 1. The van der Waals surface area contributed by atoms with Crippen LogP contribution in [0.2, 0.25) is 0 Å². The third-order valence-corrected chi connectivity index (χ3v) is 3.60. The highest BCUT2D eigenvalue weighted by Gasteiger charge is 2.24. The molecular formula is C16H14N2O. The summed E-state index contributed by atoms with van der Waals surface area (Å²) in [4.78, 5) is 0. The normalized spacial score (nSPS) is 16.7. The fourth-order valence-electron chi connectivity index (χ4n) is 2.63. The summed E-state index contributed by atoms with van der Waals surface area (Å²) in [6.45, 7) is 0. The number of phenolic OH excluding ortho intramolecular Hbond substituents is 1. The summed E-state index contributed by atoms with van der Waals surface area (Å²) in [6, 6.07) is 15.5. The summed E-state index contributed by atoms with van der Waals surface area (Å²) in [5.74, 6) is 0.390. The number of nitrogens with zero attached hydrogens (tertiary/aromatic N) is 1. The zero-order valence-electron chi connectivity index (χ0n) is 10.4. The van der Waals surface area contributed by atoms with Gasteiger partial charge in [0, 0.05) is 5.69 Å². The first kappa shape index (κ1) is 11.6. The van der Waals surface area contributed by atoms with Crippen LogP contribution < -0.4 is 5.32 Å². The number of hydrogen-bond donors (Lipinski definition) is 2. The summed E-state index contributed by atoms with van der Waals surface area (Å²) in [6.07, 6.45) is 1.88. The van der Waals surface area contributed by atoms with Gasteiger partial charge in [0.05, 0.1) is 17.7 Å². The zero-order chi connectivity index (χ0) is 13.2. The number of phenols is 1. The second-order valence-electron chi connectivity index (χ2n) is 4.77. The van der Waals surface area contributed by atoms with Gasteiger partial charge in [-0.1, -0.05) is 12.1 Å². The maximum atomic E-state index is 9.82. The number of anilines is 1. The van der Waals surface area contributed by atoms with Crippen molar-refractivity contribution in [2.24, 2.45) is 0 Å². The fraction of sp³-hybridized carbons (Fsp3) is 0.188. The van der Waals surface area contributed by atoms with E-state index in [-0.39, 0.29) is 6.04 Å². The van der Waals surface area contributed by atoms with Gasteiger partial charge in [-0.3, -0.25) is 0 Å². The highest BCUT2D eigenvalue weighted by atomic mass is 16.3. The Bertz CT molecular complexity index is 641. The highest BCUT2D eigenvalue weighted by Crippen LogP contribution is 2.38. The summed E-state index contributed by atoms with van der Waals surface area (Å²) in [5, 5.41) is 22.0. The van der Waals surface area contributed by atoms with Crippen molar-refractivity contribution >= 4 is 5.69 Å². The lowest BCUT2D eigenvalue weighted by Crippen LogP contribution is -2.06. The quantitative estimate of drug-likeness (QED) is 0.859. The van der Waals surface area contributed by atoms with Crippen LogP contribution in [0.25, 0.3) is 0 Å². The van der Waals surface area contributed by atoms with Crippen LogP contribution in [0.1, 0.15) is 29.2 Å². The van der Waals surface area contributed by atoms with Crippen LogP contribution >= 0.6 is 0 Å². The Morgan fingerprint density at radius 1 is 1.16 bits per heavy atom. The van der Waals surface area contributed by atoms with Crippen molar-refractivity contribution in [2.75, 3.05) is 5.32 Å². The largest absolute Gasteiger partial charge is 0.508 e. The van der Waals surface area contributed by atoms with Crippen molar-refractivity contribution in [2.45, 2.75) is 18.9 Å². The average Bonchev–Trinajstić information content (AvgIpc) is 2.84. The van der Waals surface area contributed by atoms with Crippen molar-refractivity contribution in [1.82, 2.24) is 0 Å². The van der Waals surface area contributed by atoms with Crippen molar-refractivity contribution in [3.8, 4) is 11.8 Å².